The Morgan fingerprint density at radius 3 is 2.57 bits per heavy atom. The third kappa shape index (κ3) is 6.45. The summed E-state index contributed by atoms with van der Waals surface area (Å²) in [4.78, 5) is 15.0. The highest BCUT2D eigenvalue weighted by Gasteiger charge is 2.41. The third-order valence-electron chi connectivity index (χ3n) is 5.24. The molecule has 5 nitrogen and oxygen atoms in total. The van der Waals surface area contributed by atoms with Crippen molar-refractivity contribution in [3.8, 4) is 17.0 Å². The fourth-order valence-electron chi connectivity index (χ4n) is 3.59. The molecule has 1 saturated carbocycles. The molecular formula is C22H25F3N2O3. The van der Waals surface area contributed by atoms with Gasteiger partial charge < -0.3 is 15.2 Å². The second kappa shape index (κ2) is 9.93. The van der Waals surface area contributed by atoms with Crippen molar-refractivity contribution in [2.24, 2.45) is 5.92 Å². The summed E-state index contributed by atoms with van der Waals surface area (Å²) < 4.78 is 44.1. The van der Waals surface area contributed by atoms with Gasteiger partial charge in [-0.3, -0.25) is 9.78 Å². The first kappa shape index (κ1) is 22.1. The molecule has 0 aliphatic heterocycles. The number of alkyl halides is 3. The van der Waals surface area contributed by atoms with Gasteiger partial charge in [-0.15, -0.1) is 0 Å². The van der Waals surface area contributed by atoms with Crippen molar-refractivity contribution in [2.45, 2.75) is 50.9 Å². The number of ether oxygens (including phenoxy) is 1. The minimum atomic E-state index is -4.12. The minimum Gasteiger partial charge on any atom is -0.489 e. The number of benzene rings is 1. The molecule has 0 radical (unpaired) electrons. The molecule has 1 aliphatic carbocycles. The molecule has 3 rings (SSSR count). The summed E-state index contributed by atoms with van der Waals surface area (Å²) in [5.41, 5.74) is 2.70. The van der Waals surface area contributed by atoms with Crippen LogP contribution in [0.1, 0.15) is 37.7 Å². The van der Waals surface area contributed by atoms with E-state index in [-0.39, 0.29) is 25.4 Å². The quantitative estimate of drug-likeness (QED) is 0.598. The van der Waals surface area contributed by atoms with Gasteiger partial charge >= 0.3 is 12.1 Å². The van der Waals surface area contributed by atoms with Crippen LogP contribution in [-0.4, -0.2) is 34.9 Å². The maximum atomic E-state index is 12.8. The Kier molecular flexibility index (Phi) is 7.31. The zero-order valence-electron chi connectivity index (χ0n) is 16.5. The number of carbonyl (C=O) groups is 1. The van der Waals surface area contributed by atoms with Crippen molar-refractivity contribution >= 4 is 5.97 Å². The number of aliphatic carboxylic acids is 1. The molecule has 1 heterocycles. The van der Waals surface area contributed by atoms with Gasteiger partial charge in [-0.1, -0.05) is 18.2 Å². The summed E-state index contributed by atoms with van der Waals surface area (Å²) >= 11 is 0. The lowest BCUT2D eigenvalue weighted by Crippen LogP contribution is -2.31. The summed E-state index contributed by atoms with van der Waals surface area (Å²) in [6.07, 6.45) is -1.67. The predicted octanol–water partition coefficient (Wildman–Crippen LogP) is 4.81. The average Bonchev–Trinajstić information content (AvgIpc) is 2.72. The van der Waals surface area contributed by atoms with Crippen LogP contribution in [0.4, 0.5) is 13.2 Å². The molecular weight excluding hydrogens is 397 g/mol. The molecule has 30 heavy (non-hydrogen) atoms. The van der Waals surface area contributed by atoms with Gasteiger partial charge in [-0.2, -0.15) is 13.2 Å². The monoisotopic (exact) mass is 422 g/mol. The molecule has 0 spiro atoms. The molecule has 162 valence electrons. The van der Waals surface area contributed by atoms with E-state index >= 15 is 0 Å². The van der Waals surface area contributed by atoms with Crippen LogP contribution in [0.15, 0.2) is 42.6 Å². The third-order valence-corrected chi connectivity index (χ3v) is 5.24. The van der Waals surface area contributed by atoms with Gasteiger partial charge in [0, 0.05) is 18.7 Å². The first-order valence-corrected chi connectivity index (χ1v) is 10.0. The van der Waals surface area contributed by atoms with E-state index in [4.69, 9.17) is 9.84 Å². The standard InChI is InChI=1S/C22H25F3N2O3/c23-22(24,25)17-4-6-18(7-5-17)30-19-8-9-20(27-14-19)16-3-1-2-15(12-16)13-26-11-10-21(28)29/h1-3,8-9,12,14,17-18,26H,4-7,10-11,13H2,(H,28,29)/t17-,18+. The Bertz CT molecular complexity index is 832. The van der Waals surface area contributed by atoms with E-state index in [1.165, 1.54) is 0 Å². The summed E-state index contributed by atoms with van der Waals surface area (Å²) in [5, 5.41) is 11.8. The fourth-order valence-corrected chi connectivity index (χ4v) is 3.59. The van der Waals surface area contributed by atoms with E-state index in [1.807, 2.05) is 30.3 Å². The van der Waals surface area contributed by atoms with E-state index in [9.17, 15) is 18.0 Å². The van der Waals surface area contributed by atoms with Gasteiger partial charge in [0.2, 0.25) is 0 Å². The first-order valence-electron chi connectivity index (χ1n) is 10.0. The van der Waals surface area contributed by atoms with Crippen molar-refractivity contribution < 1.29 is 27.8 Å². The lowest BCUT2D eigenvalue weighted by molar-refractivity contribution is -0.185. The van der Waals surface area contributed by atoms with Gasteiger partial charge in [0.1, 0.15) is 5.75 Å². The number of carboxylic acid groups (broad SMARTS) is 1. The van der Waals surface area contributed by atoms with Crippen LogP contribution in [0.5, 0.6) is 5.75 Å². The van der Waals surface area contributed by atoms with Crippen molar-refractivity contribution in [2.75, 3.05) is 6.54 Å². The molecule has 0 amide bonds. The number of carboxylic acids is 1. The largest absolute Gasteiger partial charge is 0.489 e. The number of nitrogens with zero attached hydrogens (tertiary/aromatic N) is 1. The Labute approximate surface area is 173 Å². The van der Waals surface area contributed by atoms with Crippen LogP contribution in [0.2, 0.25) is 0 Å². The summed E-state index contributed by atoms with van der Waals surface area (Å²) in [7, 11) is 0. The van der Waals surface area contributed by atoms with Crippen LogP contribution in [0.25, 0.3) is 11.3 Å². The van der Waals surface area contributed by atoms with E-state index in [1.54, 1.807) is 12.3 Å². The van der Waals surface area contributed by atoms with Gasteiger partial charge in [0.25, 0.3) is 0 Å². The fraction of sp³-hybridized carbons (Fsp3) is 0.455. The molecule has 8 heteroatoms. The summed E-state index contributed by atoms with van der Waals surface area (Å²) in [6.45, 7) is 0.956. The molecule has 1 aliphatic rings. The van der Waals surface area contributed by atoms with Crippen LogP contribution >= 0.6 is 0 Å². The number of halogens is 3. The highest BCUT2D eigenvalue weighted by molar-refractivity contribution is 5.66. The maximum Gasteiger partial charge on any atom is 0.391 e. The predicted molar refractivity (Wildman–Crippen MR) is 106 cm³/mol. The second-order valence-corrected chi connectivity index (χ2v) is 7.53. The summed E-state index contributed by atoms with van der Waals surface area (Å²) in [6, 6.07) is 11.4. The topological polar surface area (TPSA) is 71.5 Å². The molecule has 1 aromatic carbocycles. The zero-order valence-corrected chi connectivity index (χ0v) is 16.5. The molecule has 0 atom stereocenters. The molecule has 1 aromatic heterocycles. The minimum absolute atomic E-state index is 0.0700. The number of rotatable bonds is 8. The van der Waals surface area contributed by atoms with Crippen LogP contribution in [0, 0.1) is 5.92 Å². The lowest BCUT2D eigenvalue weighted by Gasteiger charge is -2.30. The highest BCUT2D eigenvalue weighted by Crippen LogP contribution is 2.38. The van der Waals surface area contributed by atoms with E-state index < -0.39 is 18.1 Å². The molecule has 2 N–H and O–H groups in total. The van der Waals surface area contributed by atoms with Gasteiger partial charge in [0.15, 0.2) is 0 Å². The van der Waals surface area contributed by atoms with Crippen molar-refractivity contribution in [1.29, 1.82) is 0 Å². The number of hydrogen-bond donors (Lipinski definition) is 2. The average molecular weight is 422 g/mol. The van der Waals surface area contributed by atoms with Crippen LogP contribution < -0.4 is 10.1 Å². The lowest BCUT2D eigenvalue weighted by atomic mass is 9.87. The molecule has 0 unspecified atom stereocenters. The van der Waals surface area contributed by atoms with Crippen LogP contribution in [0.3, 0.4) is 0 Å². The number of aromatic nitrogens is 1. The zero-order chi connectivity index (χ0) is 21.6. The van der Waals surface area contributed by atoms with Crippen molar-refractivity contribution in [3.63, 3.8) is 0 Å². The normalized spacial score (nSPS) is 19.4. The SMILES string of the molecule is O=C(O)CCNCc1cccc(-c2ccc(O[C@H]3CC[C@@H](C(F)(F)F)CC3)cn2)c1. The Morgan fingerprint density at radius 1 is 1.17 bits per heavy atom. The van der Waals surface area contributed by atoms with E-state index in [0.29, 0.717) is 31.7 Å². The number of pyridine rings is 1. The number of hydrogen-bond acceptors (Lipinski definition) is 4. The Hall–Kier alpha value is -2.61. The van der Waals surface area contributed by atoms with E-state index in [2.05, 4.69) is 10.3 Å². The van der Waals surface area contributed by atoms with Gasteiger partial charge in [-0.25, -0.2) is 0 Å². The van der Waals surface area contributed by atoms with Crippen molar-refractivity contribution in [3.05, 3.63) is 48.2 Å². The van der Waals surface area contributed by atoms with E-state index in [0.717, 1.165) is 16.8 Å². The maximum absolute atomic E-state index is 12.8. The number of nitrogens with one attached hydrogen (secondary N) is 1. The molecule has 2 aromatic rings. The summed E-state index contributed by atoms with van der Waals surface area (Å²) in [5.74, 6) is -1.50. The Morgan fingerprint density at radius 2 is 1.93 bits per heavy atom. The molecule has 0 saturated heterocycles. The van der Waals surface area contributed by atoms with Gasteiger partial charge in [-0.05, 0) is 49.4 Å². The Balaban J connectivity index is 1.53. The van der Waals surface area contributed by atoms with Crippen LogP contribution in [-0.2, 0) is 11.3 Å². The van der Waals surface area contributed by atoms with Gasteiger partial charge in [0.05, 0.1) is 30.3 Å². The molecule has 1 fully saturated rings. The highest BCUT2D eigenvalue weighted by atomic mass is 19.4. The molecule has 0 bridgehead atoms. The second-order valence-electron chi connectivity index (χ2n) is 7.53. The smallest absolute Gasteiger partial charge is 0.391 e. The van der Waals surface area contributed by atoms with Crippen molar-refractivity contribution in [1.82, 2.24) is 10.3 Å². The first-order chi connectivity index (χ1) is 14.3.